The molecule has 0 aliphatic rings. The maximum Gasteiger partial charge on any atom is 0.273 e. The first-order chi connectivity index (χ1) is 9.71. The number of primary sulfonamides is 1. The second kappa shape index (κ2) is 5.70. The van der Waals surface area contributed by atoms with Crippen molar-refractivity contribution < 1.29 is 12.8 Å². The van der Waals surface area contributed by atoms with E-state index in [9.17, 15) is 12.8 Å². The molecule has 0 unspecified atom stereocenters. The lowest BCUT2D eigenvalue weighted by molar-refractivity contribution is 0.485. The lowest BCUT2D eigenvalue weighted by Crippen LogP contribution is -2.20. The van der Waals surface area contributed by atoms with Gasteiger partial charge in [0.05, 0.1) is 10.6 Å². The highest BCUT2D eigenvalue weighted by Crippen LogP contribution is 2.28. The summed E-state index contributed by atoms with van der Waals surface area (Å²) in [5, 5.41) is 12.0. The van der Waals surface area contributed by atoms with Gasteiger partial charge in [-0.1, -0.05) is 31.5 Å². The largest absolute Gasteiger partial charge is 0.296 e. The maximum atomic E-state index is 14.1. The van der Waals surface area contributed by atoms with E-state index in [2.05, 4.69) is 10.2 Å². The molecular formula is C12H14ClFN4O2S. The summed E-state index contributed by atoms with van der Waals surface area (Å²) >= 11 is 5.74. The van der Waals surface area contributed by atoms with Crippen LogP contribution < -0.4 is 5.14 Å². The van der Waals surface area contributed by atoms with Crippen molar-refractivity contribution in [1.29, 1.82) is 0 Å². The third-order valence-corrected chi connectivity index (χ3v) is 3.81. The summed E-state index contributed by atoms with van der Waals surface area (Å²) in [6.07, 6.45) is 0. The van der Waals surface area contributed by atoms with Crippen LogP contribution in [0.2, 0.25) is 5.02 Å². The number of rotatable bonds is 4. The third kappa shape index (κ3) is 3.22. The van der Waals surface area contributed by atoms with E-state index < -0.39 is 21.0 Å². The molecule has 2 rings (SSSR count). The van der Waals surface area contributed by atoms with Crippen LogP contribution in [0.15, 0.2) is 23.4 Å². The van der Waals surface area contributed by atoms with Crippen LogP contribution in [0.1, 0.15) is 13.8 Å². The maximum absolute atomic E-state index is 14.1. The Morgan fingerprint density at radius 2 is 2.05 bits per heavy atom. The van der Waals surface area contributed by atoms with Crippen molar-refractivity contribution in [3.63, 3.8) is 0 Å². The summed E-state index contributed by atoms with van der Waals surface area (Å²) in [4.78, 5) is 0. The van der Waals surface area contributed by atoms with Crippen molar-refractivity contribution in [2.45, 2.75) is 25.5 Å². The fourth-order valence-corrected chi connectivity index (χ4v) is 2.70. The molecule has 0 fully saturated rings. The topological polar surface area (TPSA) is 90.9 Å². The molecule has 0 radical (unpaired) electrons. The van der Waals surface area contributed by atoms with Crippen LogP contribution in [0.5, 0.6) is 0 Å². The summed E-state index contributed by atoms with van der Waals surface area (Å²) in [5.74, 6) is -0.521. The Morgan fingerprint density at radius 1 is 1.38 bits per heavy atom. The smallest absolute Gasteiger partial charge is 0.273 e. The van der Waals surface area contributed by atoms with E-state index in [0.717, 1.165) is 0 Å². The molecular weight excluding hydrogens is 319 g/mol. The number of nitrogens with two attached hydrogens (primary N) is 1. The zero-order valence-electron chi connectivity index (χ0n) is 11.4. The van der Waals surface area contributed by atoms with E-state index in [1.54, 1.807) is 6.07 Å². The van der Waals surface area contributed by atoms with E-state index in [-0.39, 0.29) is 28.9 Å². The van der Waals surface area contributed by atoms with Crippen molar-refractivity contribution in [2.24, 2.45) is 11.1 Å². The molecule has 6 nitrogen and oxygen atoms in total. The van der Waals surface area contributed by atoms with Gasteiger partial charge in [0.1, 0.15) is 0 Å². The van der Waals surface area contributed by atoms with Crippen molar-refractivity contribution in [3.8, 4) is 11.4 Å². The summed E-state index contributed by atoms with van der Waals surface area (Å²) < 4.78 is 38.5. The number of benzene rings is 1. The molecule has 0 aliphatic heterocycles. The molecule has 2 aromatic rings. The Labute approximate surface area is 126 Å². The van der Waals surface area contributed by atoms with Gasteiger partial charge >= 0.3 is 0 Å². The SMILES string of the molecule is CC(C)Cn1c(-c2cccc(Cl)c2F)nnc1S(N)(=O)=O. The predicted molar refractivity (Wildman–Crippen MR) is 76.6 cm³/mol. The molecule has 0 atom stereocenters. The van der Waals surface area contributed by atoms with Crippen LogP contribution in [0.3, 0.4) is 0 Å². The number of aromatic nitrogens is 3. The molecule has 1 heterocycles. The zero-order chi connectivity index (χ0) is 15.8. The van der Waals surface area contributed by atoms with E-state index in [1.165, 1.54) is 16.7 Å². The Balaban J connectivity index is 2.70. The van der Waals surface area contributed by atoms with Gasteiger partial charge < -0.3 is 0 Å². The number of hydrogen-bond acceptors (Lipinski definition) is 4. The summed E-state index contributed by atoms with van der Waals surface area (Å²) in [6.45, 7) is 4.04. The third-order valence-electron chi connectivity index (χ3n) is 2.71. The molecule has 0 spiro atoms. The summed E-state index contributed by atoms with van der Waals surface area (Å²) in [7, 11) is -4.06. The minimum absolute atomic E-state index is 0.0746. The van der Waals surface area contributed by atoms with Crippen molar-refractivity contribution in [2.75, 3.05) is 0 Å². The van der Waals surface area contributed by atoms with Crippen LogP contribution in [-0.4, -0.2) is 23.2 Å². The minimum atomic E-state index is -4.06. The normalized spacial score (nSPS) is 12.1. The van der Waals surface area contributed by atoms with Crippen molar-refractivity contribution >= 4 is 21.6 Å². The Hall–Kier alpha value is -1.51. The summed E-state index contributed by atoms with van der Waals surface area (Å²) in [6, 6.07) is 4.39. The molecule has 0 saturated heterocycles. The van der Waals surface area contributed by atoms with Gasteiger partial charge in [0.15, 0.2) is 11.6 Å². The van der Waals surface area contributed by atoms with Crippen LogP contribution in [0.4, 0.5) is 4.39 Å². The van der Waals surface area contributed by atoms with E-state index in [1.807, 2.05) is 13.8 Å². The molecule has 114 valence electrons. The Kier molecular flexibility index (Phi) is 4.31. The van der Waals surface area contributed by atoms with Crippen LogP contribution in [-0.2, 0) is 16.6 Å². The molecule has 0 bridgehead atoms. The van der Waals surface area contributed by atoms with Gasteiger partial charge in [-0.15, -0.1) is 10.2 Å². The van der Waals surface area contributed by atoms with Crippen molar-refractivity contribution in [1.82, 2.24) is 14.8 Å². The van der Waals surface area contributed by atoms with Crippen LogP contribution >= 0.6 is 11.6 Å². The lowest BCUT2D eigenvalue weighted by Gasteiger charge is -2.12. The quantitative estimate of drug-likeness (QED) is 0.927. The van der Waals surface area contributed by atoms with Crippen molar-refractivity contribution in [3.05, 3.63) is 29.0 Å². The Bertz CT molecular complexity index is 774. The molecule has 0 amide bonds. The van der Waals surface area contributed by atoms with E-state index >= 15 is 0 Å². The first-order valence-electron chi connectivity index (χ1n) is 6.12. The molecule has 21 heavy (non-hydrogen) atoms. The molecule has 0 saturated carbocycles. The van der Waals surface area contributed by atoms with Crippen LogP contribution in [0.25, 0.3) is 11.4 Å². The molecule has 9 heteroatoms. The Morgan fingerprint density at radius 3 is 2.62 bits per heavy atom. The monoisotopic (exact) mass is 332 g/mol. The average Bonchev–Trinajstić information content (AvgIpc) is 2.75. The fraction of sp³-hybridized carbons (Fsp3) is 0.333. The average molecular weight is 333 g/mol. The minimum Gasteiger partial charge on any atom is -0.296 e. The highest BCUT2D eigenvalue weighted by atomic mass is 35.5. The molecule has 0 aliphatic carbocycles. The molecule has 2 N–H and O–H groups in total. The first-order valence-corrected chi connectivity index (χ1v) is 8.04. The van der Waals surface area contributed by atoms with Gasteiger partial charge in [-0.05, 0) is 18.1 Å². The highest BCUT2D eigenvalue weighted by molar-refractivity contribution is 7.89. The number of sulfonamides is 1. The predicted octanol–water partition coefficient (Wildman–Crippen LogP) is 2.04. The van der Waals surface area contributed by atoms with E-state index in [0.29, 0.717) is 0 Å². The second-order valence-corrected chi connectivity index (χ2v) is 6.82. The zero-order valence-corrected chi connectivity index (χ0v) is 13.0. The van der Waals surface area contributed by atoms with Gasteiger partial charge in [0.25, 0.3) is 15.2 Å². The first kappa shape index (κ1) is 15.9. The number of halogens is 2. The lowest BCUT2D eigenvalue weighted by atomic mass is 10.2. The summed E-state index contributed by atoms with van der Waals surface area (Å²) in [5.41, 5.74) is 0.0746. The van der Waals surface area contributed by atoms with E-state index in [4.69, 9.17) is 16.7 Å². The number of nitrogens with zero attached hydrogens (tertiary/aromatic N) is 3. The van der Waals surface area contributed by atoms with Crippen LogP contribution in [0, 0.1) is 11.7 Å². The van der Waals surface area contributed by atoms with Gasteiger partial charge in [-0.2, -0.15) is 0 Å². The van der Waals surface area contributed by atoms with Gasteiger partial charge in [0.2, 0.25) is 0 Å². The van der Waals surface area contributed by atoms with Gasteiger partial charge in [-0.3, -0.25) is 4.57 Å². The second-order valence-electron chi connectivity index (χ2n) is 4.96. The van der Waals surface area contributed by atoms with Gasteiger partial charge in [0, 0.05) is 6.54 Å². The molecule has 1 aromatic heterocycles. The van der Waals surface area contributed by atoms with Gasteiger partial charge in [-0.25, -0.2) is 17.9 Å². The molecule has 1 aromatic carbocycles. The highest BCUT2D eigenvalue weighted by Gasteiger charge is 2.24. The standard InChI is InChI=1S/C12H14ClFN4O2S/c1-7(2)6-18-11(16-17-12(18)21(15,19)20)8-4-3-5-9(13)10(8)14/h3-5,7H,6H2,1-2H3,(H2,15,19,20). The fourth-order valence-electron chi connectivity index (χ4n) is 1.90. The number of hydrogen-bond donors (Lipinski definition) is 1.